The van der Waals surface area contributed by atoms with E-state index < -0.39 is 21.6 Å². The number of aromatic carboxylic acids is 1. The number of hydrogen-bond donors (Lipinski definition) is 1. The molecule has 0 saturated heterocycles. The Kier molecular flexibility index (Phi) is 5.41. The van der Waals surface area contributed by atoms with Crippen molar-refractivity contribution in [2.75, 3.05) is 14.2 Å². The number of benzene rings is 2. The smallest absolute Gasteiger partial charge is 0.339 e. The molecule has 0 atom stereocenters. The largest absolute Gasteiger partial charge is 0.497 e. The fourth-order valence-electron chi connectivity index (χ4n) is 2.92. The van der Waals surface area contributed by atoms with Gasteiger partial charge in [0.1, 0.15) is 17.1 Å². The van der Waals surface area contributed by atoms with Gasteiger partial charge in [0, 0.05) is 11.1 Å². The third kappa shape index (κ3) is 3.72. The second-order valence-electron chi connectivity index (χ2n) is 5.94. The number of carboxylic acid groups (broad SMARTS) is 1. The molecule has 146 valence electrons. The number of ether oxygens (including phenoxy) is 2. The number of hydrogen-bond acceptors (Lipinski definition) is 6. The van der Waals surface area contributed by atoms with Gasteiger partial charge in [-0.25, -0.2) is 13.2 Å². The number of methoxy groups -OCH3 is 2. The summed E-state index contributed by atoms with van der Waals surface area (Å²) >= 11 is 0. The molecule has 0 aliphatic heterocycles. The van der Waals surface area contributed by atoms with Crippen molar-refractivity contribution in [1.82, 2.24) is 0 Å². The van der Waals surface area contributed by atoms with E-state index in [1.807, 2.05) is 0 Å². The van der Waals surface area contributed by atoms with Crippen LogP contribution in [0.15, 0.2) is 64.3 Å². The summed E-state index contributed by atoms with van der Waals surface area (Å²) < 4.78 is 41.1. The van der Waals surface area contributed by atoms with E-state index in [0.29, 0.717) is 16.9 Å². The first-order valence-corrected chi connectivity index (χ1v) is 9.85. The first-order chi connectivity index (χ1) is 13.4. The molecule has 0 amide bonds. The van der Waals surface area contributed by atoms with Crippen molar-refractivity contribution < 1.29 is 32.2 Å². The average molecular weight is 402 g/mol. The van der Waals surface area contributed by atoms with E-state index in [2.05, 4.69) is 0 Å². The van der Waals surface area contributed by atoms with Gasteiger partial charge in [-0.1, -0.05) is 18.2 Å². The molecule has 0 spiro atoms. The van der Waals surface area contributed by atoms with Crippen LogP contribution in [0.5, 0.6) is 11.5 Å². The van der Waals surface area contributed by atoms with Gasteiger partial charge in [-0.05, 0) is 29.8 Å². The van der Waals surface area contributed by atoms with Crippen molar-refractivity contribution in [2.24, 2.45) is 0 Å². The van der Waals surface area contributed by atoms with Crippen LogP contribution in [0, 0.1) is 0 Å². The van der Waals surface area contributed by atoms with Crippen LogP contribution < -0.4 is 9.47 Å². The molecule has 1 aromatic heterocycles. The van der Waals surface area contributed by atoms with Crippen molar-refractivity contribution >= 4 is 15.8 Å². The van der Waals surface area contributed by atoms with Gasteiger partial charge in [0.25, 0.3) is 0 Å². The lowest BCUT2D eigenvalue weighted by molar-refractivity contribution is 0.0692. The van der Waals surface area contributed by atoms with Crippen molar-refractivity contribution in [3.05, 3.63) is 66.1 Å². The minimum atomic E-state index is -3.81. The topological polar surface area (TPSA) is 103 Å². The molecule has 0 aliphatic carbocycles. The maximum Gasteiger partial charge on any atom is 0.339 e. The number of rotatable bonds is 7. The Labute approximate surface area is 162 Å². The molecule has 3 rings (SSSR count). The number of furan rings is 1. The van der Waals surface area contributed by atoms with Crippen LogP contribution in [-0.4, -0.2) is 33.7 Å². The lowest BCUT2D eigenvalue weighted by Gasteiger charge is -2.15. The van der Waals surface area contributed by atoms with Gasteiger partial charge in [-0.3, -0.25) is 0 Å². The molecule has 1 N–H and O–H groups in total. The van der Waals surface area contributed by atoms with Gasteiger partial charge >= 0.3 is 5.97 Å². The van der Waals surface area contributed by atoms with Gasteiger partial charge in [-0.2, -0.15) is 0 Å². The lowest BCUT2D eigenvalue weighted by Crippen LogP contribution is -2.12. The monoisotopic (exact) mass is 402 g/mol. The van der Waals surface area contributed by atoms with Gasteiger partial charge in [0.05, 0.1) is 37.4 Å². The van der Waals surface area contributed by atoms with Crippen LogP contribution in [0.3, 0.4) is 0 Å². The summed E-state index contributed by atoms with van der Waals surface area (Å²) in [5, 5.41) is 9.73. The minimum absolute atomic E-state index is 0.0427. The third-order valence-electron chi connectivity index (χ3n) is 4.24. The summed E-state index contributed by atoms with van der Waals surface area (Å²) in [4.78, 5) is 12.0. The summed E-state index contributed by atoms with van der Waals surface area (Å²) in [6.07, 6.45) is 2.91. The Bertz CT molecular complexity index is 1100. The Morgan fingerprint density at radius 1 is 1.11 bits per heavy atom. The molecule has 2 aromatic carbocycles. The van der Waals surface area contributed by atoms with Crippen LogP contribution in [0.25, 0.3) is 11.1 Å². The van der Waals surface area contributed by atoms with Crippen LogP contribution in [0.1, 0.15) is 15.9 Å². The summed E-state index contributed by atoms with van der Waals surface area (Å²) in [5.41, 5.74) is 1.05. The van der Waals surface area contributed by atoms with E-state index in [1.54, 1.807) is 24.3 Å². The normalized spacial score (nSPS) is 11.2. The van der Waals surface area contributed by atoms with Gasteiger partial charge in [-0.15, -0.1) is 0 Å². The highest BCUT2D eigenvalue weighted by Gasteiger charge is 2.25. The second kappa shape index (κ2) is 7.77. The Morgan fingerprint density at radius 2 is 1.89 bits per heavy atom. The highest BCUT2D eigenvalue weighted by Crippen LogP contribution is 2.36. The van der Waals surface area contributed by atoms with Crippen molar-refractivity contribution in [2.45, 2.75) is 10.6 Å². The maximum atomic E-state index is 12.9. The van der Waals surface area contributed by atoms with Crippen molar-refractivity contribution in [3.8, 4) is 22.6 Å². The van der Waals surface area contributed by atoms with Gasteiger partial charge in [0.2, 0.25) is 0 Å². The third-order valence-corrected chi connectivity index (χ3v) is 5.90. The molecule has 7 nitrogen and oxygen atoms in total. The van der Waals surface area contributed by atoms with E-state index >= 15 is 0 Å². The summed E-state index contributed by atoms with van der Waals surface area (Å²) in [7, 11) is -1.03. The molecule has 28 heavy (non-hydrogen) atoms. The zero-order valence-electron chi connectivity index (χ0n) is 15.2. The van der Waals surface area contributed by atoms with E-state index in [9.17, 15) is 18.3 Å². The highest BCUT2D eigenvalue weighted by atomic mass is 32.2. The Morgan fingerprint density at radius 3 is 2.50 bits per heavy atom. The molecule has 0 radical (unpaired) electrons. The predicted octanol–water partition coefficient (Wildman–Crippen LogP) is 3.64. The molecule has 0 saturated carbocycles. The maximum absolute atomic E-state index is 12.9. The van der Waals surface area contributed by atoms with Crippen LogP contribution in [0.2, 0.25) is 0 Å². The Hall–Kier alpha value is -3.26. The van der Waals surface area contributed by atoms with E-state index in [1.165, 1.54) is 44.9 Å². The van der Waals surface area contributed by atoms with Crippen LogP contribution in [0.4, 0.5) is 0 Å². The SMILES string of the molecule is COc1cccc(S(=O)(=O)Cc2ccc(-c3ccoc3)c(OC)c2C(=O)O)c1. The van der Waals surface area contributed by atoms with E-state index in [-0.39, 0.29) is 21.8 Å². The molecule has 0 unspecified atom stereocenters. The fourth-order valence-corrected chi connectivity index (χ4v) is 4.32. The Balaban J connectivity index is 2.10. The second-order valence-corrected chi connectivity index (χ2v) is 7.93. The summed E-state index contributed by atoms with van der Waals surface area (Å²) in [6.45, 7) is 0. The number of carbonyl (C=O) groups is 1. The molecule has 0 aliphatic rings. The molecule has 1 heterocycles. The molecule has 0 fully saturated rings. The molecule has 3 aromatic rings. The molecule has 0 bridgehead atoms. The average Bonchev–Trinajstić information content (AvgIpc) is 3.21. The zero-order valence-corrected chi connectivity index (χ0v) is 16.0. The first-order valence-electron chi connectivity index (χ1n) is 8.20. The lowest BCUT2D eigenvalue weighted by atomic mass is 9.99. The molecule has 8 heteroatoms. The zero-order chi connectivity index (χ0) is 20.3. The van der Waals surface area contributed by atoms with Crippen LogP contribution >= 0.6 is 0 Å². The summed E-state index contributed by atoms with van der Waals surface area (Å²) in [5.74, 6) is -1.30. The first kappa shape index (κ1) is 19.5. The standard InChI is InChI=1S/C20H18O7S/c1-25-15-4-3-5-16(10-15)28(23,24)12-14-6-7-17(13-8-9-27-11-13)19(26-2)18(14)20(21)22/h3-11H,12H2,1-2H3,(H,21,22). The van der Waals surface area contributed by atoms with Gasteiger partial charge in [0.15, 0.2) is 9.84 Å². The molecular weight excluding hydrogens is 384 g/mol. The predicted molar refractivity (Wildman–Crippen MR) is 102 cm³/mol. The van der Waals surface area contributed by atoms with E-state index in [0.717, 1.165) is 0 Å². The highest BCUT2D eigenvalue weighted by molar-refractivity contribution is 7.90. The minimum Gasteiger partial charge on any atom is -0.497 e. The number of carboxylic acids is 1. The summed E-state index contributed by atoms with van der Waals surface area (Å²) in [6, 6.07) is 10.8. The fraction of sp³-hybridized carbons (Fsp3) is 0.150. The van der Waals surface area contributed by atoms with Crippen molar-refractivity contribution in [1.29, 1.82) is 0 Å². The van der Waals surface area contributed by atoms with Gasteiger partial charge < -0.3 is 19.0 Å². The number of sulfone groups is 1. The van der Waals surface area contributed by atoms with Crippen LogP contribution in [-0.2, 0) is 15.6 Å². The van der Waals surface area contributed by atoms with Crippen molar-refractivity contribution in [3.63, 3.8) is 0 Å². The molecular formula is C20H18O7S. The van der Waals surface area contributed by atoms with E-state index in [4.69, 9.17) is 13.9 Å². The quantitative estimate of drug-likeness (QED) is 0.643.